The van der Waals surface area contributed by atoms with Crippen molar-refractivity contribution in [3.8, 4) is 11.4 Å². The third-order valence-corrected chi connectivity index (χ3v) is 7.05. The van der Waals surface area contributed by atoms with Crippen LogP contribution in [0, 0.1) is 34.6 Å². The van der Waals surface area contributed by atoms with Crippen LogP contribution < -0.4 is 4.57 Å². The maximum absolute atomic E-state index is 2.57. The van der Waals surface area contributed by atoms with Gasteiger partial charge in [-0.2, -0.15) is 4.40 Å². The van der Waals surface area contributed by atoms with E-state index in [1.165, 1.54) is 61.3 Å². The number of aryl methyl sites for hydroxylation is 3. The largest absolute Gasteiger partial charge is 0.296 e. The molecule has 0 atom stereocenters. The van der Waals surface area contributed by atoms with E-state index in [9.17, 15) is 0 Å². The van der Waals surface area contributed by atoms with Gasteiger partial charge in [0, 0.05) is 18.1 Å². The second kappa shape index (κ2) is 5.01. The number of rotatable bonds is 0. The Hall–Kier alpha value is -2.61. The first-order valence-electron chi connectivity index (χ1n) is 9.83. The Kier molecular flexibility index (Phi) is 3.07. The molecule has 1 aliphatic rings. The average molecular weight is 356 g/mol. The Morgan fingerprint density at radius 3 is 2.26 bits per heavy atom. The molecule has 0 N–H and O–H groups in total. The smallest absolute Gasteiger partial charge is 0.217 e. The summed E-state index contributed by atoms with van der Waals surface area (Å²) in [5.41, 5.74) is 11.0. The zero-order valence-electron chi connectivity index (χ0n) is 17.4. The van der Waals surface area contributed by atoms with E-state index in [2.05, 4.69) is 93.8 Å². The number of pyridine rings is 1. The quantitative estimate of drug-likeness (QED) is 0.358. The molecular weight excluding hydrogens is 328 g/mol. The molecule has 136 valence electrons. The predicted molar refractivity (Wildman–Crippen MR) is 113 cm³/mol. The summed E-state index contributed by atoms with van der Waals surface area (Å²) < 4.78 is 5.09. The van der Waals surface area contributed by atoms with Gasteiger partial charge >= 0.3 is 0 Å². The van der Waals surface area contributed by atoms with Crippen molar-refractivity contribution in [1.29, 1.82) is 0 Å². The number of imidazole rings is 1. The third-order valence-electron chi connectivity index (χ3n) is 7.05. The summed E-state index contributed by atoms with van der Waals surface area (Å²) in [7, 11) is 0. The molecule has 5 rings (SSSR count). The number of aromatic nitrogens is 2. The molecule has 27 heavy (non-hydrogen) atoms. The van der Waals surface area contributed by atoms with Gasteiger partial charge in [0.05, 0.1) is 5.56 Å². The van der Waals surface area contributed by atoms with Crippen molar-refractivity contribution in [2.45, 2.75) is 54.0 Å². The van der Waals surface area contributed by atoms with Crippen molar-refractivity contribution in [2.75, 3.05) is 0 Å². The van der Waals surface area contributed by atoms with Crippen LogP contribution in [0.4, 0.5) is 0 Å². The van der Waals surface area contributed by atoms with Crippen LogP contribution in [0.15, 0.2) is 36.4 Å². The molecule has 0 fully saturated rings. The van der Waals surface area contributed by atoms with Crippen LogP contribution in [0.2, 0.25) is 0 Å². The molecule has 4 aromatic rings. The molecule has 2 nitrogen and oxygen atoms in total. The van der Waals surface area contributed by atoms with E-state index in [4.69, 9.17) is 0 Å². The lowest BCUT2D eigenvalue weighted by molar-refractivity contribution is -0.735. The number of benzene rings is 2. The summed E-state index contributed by atoms with van der Waals surface area (Å²) in [6.45, 7) is 16.1. The molecule has 0 amide bonds. The van der Waals surface area contributed by atoms with Gasteiger partial charge in [0.2, 0.25) is 0 Å². The van der Waals surface area contributed by atoms with E-state index in [0.29, 0.717) is 0 Å². The highest BCUT2D eigenvalue weighted by Crippen LogP contribution is 2.44. The van der Waals surface area contributed by atoms with Crippen molar-refractivity contribution in [1.82, 2.24) is 4.40 Å². The molecule has 0 spiro atoms. The van der Waals surface area contributed by atoms with E-state index in [-0.39, 0.29) is 5.54 Å². The Balaban J connectivity index is 2.11. The topological polar surface area (TPSA) is 8.29 Å². The number of hydrogen-bond acceptors (Lipinski definition) is 0. The maximum Gasteiger partial charge on any atom is 0.296 e. The Morgan fingerprint density at radius 1 is 0.815 bits per heavy atom. The van der Waals surface area contributed by atoms with Gasteiger partial charge in [-0.15, -0.1) is 0 Å². The minimum atomic E-state index is -0.0640. The number of hydrogen-bond donors (Lipinski definition) is 0. The van der Waals surface area contributed by atoms with E-state index >= 15 is 0 Å². The highest BCUT2D eigenvalue weighted by molar-refractivity contribution is 5.98. The fourth-order valence-corrected chi connectivity index (χ4v) is 5.35. The monoisotopic (exact) mass is 355 g/mol. The van der Waals surface area contributed by atoms with Crippen molar-refractivity contribution in [2.24, 2.45) is 0 Å². The maximum atomic E-state index is 2.57. The van der Waals surface area contributed by atoms with E-state index in [1.54, 1.807) is 0 Å². The highest BCUT2D eigenvalue weighted by atomic mass is 15.2. The molecule has 0 radical (unpaired) electrons. The van der Waals surface area contributed by atoms with Gasteiger partial charge in [-0.1, -0.05) is 36.4 Å². The molecule has 2 aromatic heterocycles. The van der Waals surface area contributed by atoms with Crippen LogP contribution in [0.5, 0.6) is 0 Å². The van der Waals surface area contributed by atoms with Gasteiger partial charge in [-0.05, 0) is 63.4 Å². The van der Waals surface area contributed by atoms with Gasteiger partial charge in [-0.25, -0.2) is 4.57 Å². The SMILES string of the molecule is Cc1c(C)c(C)n2c3[n+](c(C)c2c1C)C(C)(C)c1ccc2ccccc2c1-3. The van der Waals surface area contributed by atoms with Gasteiger partial charge in [-0.3, -0.25) is 0 Å². The lowest BCUT2D eigenvalue weighted by atomic mass is 9.90. The third kappa shape index (κ3) is 1.79. The number of nitrogens with zero attached hydrogens (tertiary/aromatic N) is 2. The fourth-order valence-electron chi connectivity index (χ4n) is 5.35. The van der Waals surface area contributed by atoms with Crippen molar-refractivity contribution in [3.05, 3.63) is 70.0 Å². The van der Waals surface area contributed by atoms with Crippen molar-refractivity contribution >= 4 is 16.3 Å². The summed E-state index contributed by atoms with van der Waals surface area (Å²) in [4.78, 5) is 0. The Labute approximate surface area is 161 Å². The van der Waals surface area contributed by atoms with E-state index in [1.807, 2.05) is 0 Å². The first-order chi connectivity index (χ1) is 12.8. The molecular formula is C25H27N2+. The fraction of sp³-hybridized carbons (Fsp3) is 0.320. The summed E-state index contributed by atoms with van der Waals surface area (Å²) in [5.74, 6) is 1.34. The van der Waals surface area contributed by atoms with Crippen LogP contribution in [0.3, 0.4) is 0 Å². The van der Waals surface area contributed by atoms with E-state index < -0.39 is 0 Å². The van der Waals surface area contributed by atoms with Crippen LogP contribution in [-0.4, -0.2) is 4.40 Å². The first kappa shape index (κ1) is 16.6. The second-order valence-corrected chi connectivity index (χ2v) is 8.66. The molecule has 2 heteroatoms. The minimum Gasteiger partial charge on any atom is -0.217 e. The van der Waals surface area contributed by atoms with Gasteiger partial charge < -0.3 is 0 Å². The van der Waals surface area contributed by atoms with Crippen LogP contribution in [0.1, 0.15) is 47.5 Å². The van der Waals surface area contributed by atoms with Gasteiger partial charge in [0.25, 0.3) is 5.82 Å². The first-order valence-corrected chi connectivity index (χ1v) is 9.83. The summed E-state index contributed by atoms with van der Waals surface area (Å²) >= 11 is 0. The molecule has 0 unspecified atom stereocenters. The van der Waals surface area contributed by atoms with Gasteiger partial charge in [0.15, 0.2) is 5.52 Å². The molecule has 2 aromatic carbocycles. The Bertz CT molecular complexity index is 1290. The van der Waals surface area contributed by atoms with Crippen LogP contribution in [-0.2, 0) is 5.54 Å². The predicted octanol–water partition coefficient (Wildman–Crippen LogP) is 5.69. The van der Waals surface area contributed by atoms with Crippen molar-refractivity contribution < 1.29 is 4.57 Å². The molecule has 0 saturated carbocycles. The van der Waals surface area contributed by atoms with Crippen LogP contribution >= 0.6 is 0 Å². The molecule has 3 heterocycles. The number of fused-ring (bicyclic) bond motifs is 7. The summed E-state index contributed by atoms with van der Waals surface area (Å²) in [5, 5.41) is 2.66. The average Bonchev–Trinajstić information content (AvgIpc) is 3.09. The van der Waals surface area contributed by atoms with Crippen LogP contribution in [0.25, 0.3) is 27.7 Å². The molecule has 1 aliphatic heterocycles. The lowest BCUT2D eigenvalue weighted by Gasteiger charge is -2.19. The molecule has 0 aliphatic carbocycles. The zero-order chi connectivity index (χ0) is 19.2. The lowest BCUT2D eigenvalue weighted by Crippen LogP contribution is -2.51. The normalized spacial score (nSPS) is 14.8. The molecule has 0 bridgehead atoms. The van der Waals surface area contributed by atoms with Crippen molar-refractivity contribution in [3.63, 3.8) is 0 Å². The highest BCUT2D eigenvalue weighted by Gasteiger charge is 2.47. The van der Waals surface area contributed by atoms with Gasteiger partial charge in [0.1, 0.15) is 16.9 Å². The standard InChI is InChI=1S/C25H27N2/c1-14-15(2)17(4)26-23(16(14)3)18(5)27-24(26)22-20-11-9-8-10-19(20)12-13-21(22)25(27,6)7/h8-13H,1-7H3/q+1. The molecule has 0 saturated heterocycles. The van der Waals surface area contributed by atoms with E-state index in [0.717, 1.165) is 0 Å². The summed E-state index contributed by atoms with van der Waals surface area (Å²) in [6, 6.07) is 13.4. The minimum absolute atomic E-state index is 0.0640. The zero-order valence-corrected chi connectivity index (χ0v) is 17.4. The summed E-state index contributed by atoms with van der Waals surface area (Å²) in [6.07, 6.45) is 0. The Morgan fingerprint density at radius 2 is 1.52 bits per heavy atom. The second-order valence-electron chi connectivity index (χ2n) is 8.66.